The lowest BCUT2D eigenvalue weighted by molar-refractivity contribution is -0.0145. The van der Waals surface area contributed by atoms with E-state index in [-0.39, 0.29) is 6.03 Å². The van der Waals surface area contributed by atoms with Gasteiger partial charge in [-0.1, -0.05) is 30.3 Å². The maximum absolute atomic E-state index is 12.2. The number of urea groups is 1. The van der Waals surface area contributed by atoms with Gasteiger partial charge in [0.15, 0.2) is 0 Å². The van der Waals surface area contributed by atoms with Gasteiger partial charge in [-0.15, -0.1) is 0 Å². The Morgan fingerprint density at radius 1 is 1.06 bits per heavy atom. The Morgan fingerprint density at radius 2 is 1.91 bits per heavy atom. The summed E-state index contributed by atoms with van der Waals surface area (Å²) >= 11 is 1.60. The SMILES string of the molecule is O=C(NCC1CC2CCN1CC2CN1CCC(Cc2ccccc2)CC1)Nc1ccsc1. The molecule has 4 aliphatic rings. The van der Waals surface area contributed by atoms with E-state index in [0.29, 0.717) is 6.04 Å². The van der Waals surface area contributed by atoms with Crippen LogP contribution in [0.3, 0.4) is 0 Å². The third-order valence-corrected chi connectivity index (χ3v) is 8.54. The monoisotopic (exact) mass is 452 g/mol. The summed E-state index contributed by atoms with van der Waals surface area (Å²) in [4.78, 5) is 17.6. The lowest BCUT2D eigenvalue weighted by atomic mass is 9.75. The van der Waals surface area contributed by atoms with Crippen molar-refractivity contribution in [2.75, 3.05) is 44.6 Å². The third kappa shape index (κ3) is 5.53. The van der Waals surface area contributed by atoms with E-state index in [4.69, 9.17) is 0 Å². The van der Waals surface area contributed by atoms with Crippen LogP contribution in [-0.4, -0.2) is 61.1 Å². The lowest BCUT2D eigenvalue weighted by Crippen LogP contribution is -2.59. The number of hydrogen-bond donors (Lipinski definition) is 2. The molecule has 4 atom stereocenters. The van der Waals surface area contributed by atoms with Crippen LogP contribution in [-0.2, 0) is 6.42 Å². The van der Waals surface area contributed by atoms with Gasteiger partial charge in [-0.3, -0.25) is 4.90 Å². The van der Waals surface area contributed by atoms with E-state index in [9.17, 15) is 4.79 Å². The largest absolute Gasteiger partial charge is 0.336 e. The molecule has 0 spiro atoms. The van der Waals surface area contributed by atoms with Crippen molar-refractivity contribution in [3.8, 4) is 0 Å². The second-order valence-corrected chi connectivity index (χ2v) is 10.8. The van der Waals surface area contributed by atoms with Crippen LogP contribution in [0.2, 0.25) is 0 Å². The van der Waals surface area contributed by atoms with Gasteiger partial charge in [-0.05, 0) is 86.5 Å². The maximum Gasteiger partial charge on any atom is 0.319 e. The molecule has 5 heterocycles. The summed E-state index contributed by atoms with van der Waals surface area (Å²) in [6, 6.07) is 13.3. The van der Waals surface area contributed by atoms with Crippen molar-refractivity contribution in [2.45, 2.75) is 38.1 Å². The molecule has 2 bridgehead atoms. The number of nitrogens with zero attached hydrogens (tertiary/aromatic N) is 2. The number of anilines is 1. The quantitative estimate of drug-likeness (QED) is 0.649. The Labute approximate surface area is 196 Å². The number of carbonyl (C=O) groups excluding carboxylic acids is 1. The molecule has 4 fully saturated rings. The summed E-state index contributed by atoms with van der Waals surface area (Å²) in [7, 11) is 0. The van der Waals surface area contributed by atoms with Gasteiger partial charge in [0.25, 0.3) is 0 Å². The molecule has 2 N–H and O–H groups in total. The lowest BCUT2D eigenvalue weighted by Gasteiger charge is -2.51. The molecule has 4 unspecified atom stereocenters. The normalized spacial score (nSPS) is 28.5. The molecule has 0 aliphatic carbocycles. The third-order valence-electron chi connectivity index (χ3n) is 7.86. The first-order valence-corrected chi connectivity index (χ1v) is 13.2. The van der Waals surface area contributed by atoms with Gasteiger partial charge in [0.2, 0.25) is 0 Å². The fourth-order valence-electron chi connectivity index (χ4n) is 6.04. The van der Waals surface area contributed by atoms with Gasteiger partial charge in [-0.25, -0.2) is 4.79 Å². The minimum absolute atomic E-state index is 0.0824. The highest BCUT2D eigenvalue weighted by Crippen LogP contribution is 2.37. The number of piperidine rings is 4. The van der Waals surface area contributed by atoms with Crippen molar-refractivity contribution in [2.24, 2.45) is 17.8 Å². The average molecular weight is 453 g/mol. The van der Waals surface area contributed by atoms with Crippen molar-refractivity contribution < 1.29 is 4.79 Å². The van der Waals surface area contributed by atoms with Crippen molar-refractivity contribution >= 4 is 23.1 Å². The summed E-state index contributed by atoms with van der Waals surface area (Å²) in [5.74, 6) is 2.45. The summed E-state index contributed by atoms with van der Waals surface area (Å²) in [5.41, 5.74) is 2.37. The topological polar surface area (TPSA) is 47.6 Å². The van der Waals surface area contributed by atoms with Crippen molar-refractivity contribution in [3.63, 3.8) is 0 Å². The molecule has 2 amide bonds. The van der Waals surface area contributed by atoms with Crippen LogP contribution < -0.4 is 10.6 Å². The Bertz CT molecular complexity index is 850. The Morgan fingerprint density at radius 3 is 2.62 bits per heavy atom. The highest BCUT2D eigenvalue weighted by atomic mass is 32.1. The molecule has 0 radical (unpaired) electrons. The zero-order valence-electron chi connectivity index (χ0n) is 18.9. The number of likely N-dealkylation sites (tertiary alicyclic amines) is 1. The first-order valence-electron chi connectivity index (χ1n) is 12.3. The molecule has 5 nitrogen and oxygen atoms in total. The predicted octanol–water partition coefficient (Wildman–Crippen LogP) is 4.53. The number of hydrogen-bond acceptors (Lipinski definition) is 4. The number of rotatable bonds is 7. The molecule has 2 aromatic rings. The summed E-state index contributed by atoms with van der Waals surface area (Å²) < 4.78 is 0. The minimum atomic E-state index is -0.0824. The summed E-state index contributed by atoms with van der Waals surface area (Å²) in [6.07, 6.45) is 6.47. The molecule has 0 saturated carbocycles. The summed E-state index contributed by atoms with van der Waals surface area (Å²) in [5, 5.41) is 9.96. The van der Waals surface area contributed by atoms with Crippen LogP contribution in [0.5, 0.6) is 0 Å². The number of fused-ring (bicyclic) bond motifs is 3. The van der Waals surface area contributed by atoms with E-state index in [1.807, 2.05) is 16.8 Å². The fraction of sp³-hybridized carbons (Fsp3) is 0.577. The van der Waals surface area contributed by atoms with E-state index in [0.717, 1.165) is 30.0 Å². The minimum Gasteiger partial charge on any atom is -0.336 e. The molecule has 4 aliphatic heterocycles. The van der Waals surface area contributed by atoms with Crippen LogP contribution in [0.25, 0.3) is 0 Å². The number of thiophene rings is 1. The molecule has 4 saturated heterocycles. The van der Waals surface area contributed by atoms with Gasteiger partial charge in [-0.2, -0.15) is 11.3 Å². The highest BCUT2D eigenvalue weighted by molar-refractivity contribution is 7.08. The van der Waals surface area contributed by atoms with E-state index in [2.05, 4.69) is 50.8 Å². The molecular weight excluding hydrogens is 416 g/mol. The van der Waals surface area contributed by atoms with Gasteiger partial charge < -0.3 is 15.5 Å². The predicted molar refractivity (Wildman–Crippen MR) is 132 cm³/mol. The van der Waals surface area contributed by atoms with Crippen LogP contribution in [0.1, 0.15) is 31.2 Å². The second-order valence-electron chi connectivity index (χ2n) is 9.97. The van der Waals surface area contributed by atoms with E-state index in [1.54, 1.807) is 11.3 Å². The Hall–Kier alpha value is -1.89. The van der Waals surface area contributed by atoms with E-state index >= 15 is 0 Å². The standard InChI is InChI=1S/C26H36N4OS/c31-26(28-24-9-13-32-19-24)27-16-25-15-22-8-12-30(25)18-23(22)17-29-10-6-21(7-11-29)14-20-4-2-1-3-5-20/h1-5,9,13,19,21-23,25H,6-8,10-12,14-18H2,(H2,27,28,31). The highest BCUT2D eigenvalue weighted by Gasteiger charge is 2.40. The van der Waals surface area contributed by atoms with Crippen molar-refractivity contribution in [1.29, 1.82) is 0 Å². The molecule has 6 heteroatoms. The molecule has 172 valence electrons. The number of nitrogens with one attached hydrogen (secondary N) is 2. The van der Waals surface area contributed by atoms with Crippen molar-refractivity contribution in [3.05, 3.63) is 52.7 Å². The molecule has 32 heavy (non-hydrogen) atoms. The number of amides is 2. The number of benzene rings is 1. The summed E-state index contributed by atoms with van der Waals surface area (Å²) in [6.45, 7) is 6.93. The van der Waals surface area contributed by atoms with Crippen LogP contribution in [0, 0.1) is 17.8 Å². The Kier molecular flexibility index (Phi) is 7.10. The van der Waals surface area contributed by atoms with E-state index in [1.165, 1.54) is 70.4 Å². The Balaban J connectivity index is 1.04. The van der Waals surface area contributed by atoms with E-state index < -0.39 is 0 Å². The molecule has 6 rings (SSSR count). The first kappa shape index (κ1) is 21.9. The zero-order valence-corrected chi connectivity index (χ0v) is 19.7. The molecule has 1 aromatic heterocycles. The number of carbonyl (C=O) groups is 1. The van der Waals surface area contributed by atoms with Crippen molar-refractivity contribution in [1.82, 2.24) is 15.1 Å². The molecular formula is C26H36N4OS. The second kappa shape index (κ2) is 10.4. The zero-order chi connectivity index (χ0) is 21.8. The smallest absolute Gasteiger partial charge is 0.319 e. The van der Waals surface area contributed by atoms with Gasteiger partial charge in [0.05, 0.1) is 5.69 Å². The fourth-order valence-corrected chi connectivity index (χ4v) is 6.63. The van der Waals surface area contributed by atoms with Crippen LogP contribution in [0.4, 0.5) is 10.5 Å². The van der Waals surface area contributed by atoms with Crippen LogP contribution >= 0.6 is 11.3 Å². The van der Waals surface area contributed by atoms with Gasteiger partial charge >= 0.3 is 6.03 Å². The van der Waals surface area contributed by atoms with Gasteiger partial charge in [0.1, 0.15) is 0 Å². The maximum atomic E-state index is 12.2. The first-order chi connectivity index (χ1) is 15.7. The van der Waals surface area contributed by atoms with Gasteiger partial charge in [0, 0.05) is 31.1 Å². The molecule has 1 aromatic carbocycles. The average Bonchev–Trinajstić information content (AvgIpc) is 3.33. The van der Waals surface area contributed by atoms with Crippen LogP contribution in [0.15, 0.2) is 47.2 Å².